The van der Waals surface area contributed by atoms with Crippen molar-refractivity contribution < 1.29 is 17.9 Å². The zero-order valence-electron chi connectivity index (χ0n) is 14.8. The molecule has 8 heteroatoms. The number of ether oxygens (including phenoxy) is 1. The molecule has 0 aliphatic heterocycles. The lowest BCUT2D eigenvalue weighted by Crippen LogP contribution is -2.46. The molecule has 138 valence electrons. The van der Waals surface area contributed by atoms with Crippen molar-refractivity contribution >= 4 is 27.8 Å². The van der Waals surface area contributed by atoms with E-state index in [1.807, 2.05) is 0 Å². The highest BCUT2D eigenvalue weighted by Crippen LogP contribution is 2.20. The Labute approximate surface area is 153 Å². The molecule has 2 aromatic rings. The summed E-state index contributed by atoms with van der Waals surface area (Å²) in [6.45, 7) is 1.51. The van der Waals surface area contributed by atoms with E-state index in [1.165, 1.54) is 13.1 Å². The van der Waals surface area contributed by atoms with Gasteiger partial charge in [-0.2, -0.15) is 5.10 Å². The number of nitrogens with one attached hydrogen (secondary N) is 1. The van der Waals surface area contributed by atoms with E-state index in [-0.39, 0.29) is 0 Å². The highest BCUT2D eigenvalue weighted by Gasteiger charge is 2.28. The molecule has 0 unspecified atom stereocenters. The summed E-state index contributed by atoms with van der Waals surface area (Å²) in [5.74, 6) is 0.176. The Hall–Kier alpha value is -2.87. The highest BCUT2D eigenvalue weighted by atomic mass is 32.2. The van der Waals surface area contributed by atoms with Gasteiger partial charge in [-0.3, -0.25) is 9.10 Å². The Morgan fingerprint density at radius 1 is 1.15 bits per heavy atom. The molecule has 1 N–H and O–H groups in total. The molecule has 2 aromatic carbocycles. The number of rotatable bonds is 7. The summed E-state index contributed by atoms with van der Waals surface area (Å²) >= 11 is 0. The molecule has 0 aromatic heterocycles. The third-order valence-electron chi connectivity index (χ3n) is 3.60. The lowest BCUT2D eigenvalue weighted by atomic mass is 10.2. The van der Waals surface area contributed by atoms with Crippen LogP contribution in [0.1, 0.15) is 12.5 Å². The number of carbonyl (C=O) groups excluding carboxylic acids is 1. The van der Waals surface area contributed by atoms with E-state index in [9.17, 15) is 13.2 Å². The topological polar surface area (TPSA) is 88.1 Å². The molecule has 0 aliphatic rings. The van der Waals surface area contributed by atoms with Gasteiger partial charge in [0, 0.05) is 0 Å². The van der Waals surface area contributed by atoms with Gasteiger partial charge in [0.2, 0.25) is 10.0 Å². The summed E-state index contributed by atoms with van der Waals surface area (Å²) in [4.78, 5) is 12.3. The Balaban J connectivity index is 2.10. The molecule has 7 nitrogen and oxygen atoms in total. The fraction of sp³-hybridized carbons (Fsp3) is 0.222. The smallest absolute Gasteiger partial charge is 0.263 e. The molecule has 0 fully saturated rings. The molecular formula is C18H21N3O4S. The van der Waals surface area contributed by atoms with E-state index < -0.39 is 22.0 Å². The van der Waals surface area contributed by atoms with Crippen LogP contribution in [0.25, 0.3) is 0 Å². The van der Waals surface area contributed by atoms with Gasteiger partial charge in [0.1, 0.15) is 11.8 Å². The number of sulfonamides is 1. The van der Waals surface area contributed by atoms with Crippen molar-refractivity contribution in [1.82, 2.24) is 5.43 Å². The Morgan fingerprint density at radius 3 is 2.31 bits per heavy atom. The van der Waals surface area contributed by atoms with Gasteiger partial charge >= 0.3 is 0 Å². The normalized spacial score (nSPS) is 12.6. The van der Waals surface area contributed by atoms with Crippen LogP contribution in [-0.2, 0) is 14.8 Å². The van der Waals surface area contributed by atoms with Gasteiger partial charge in [0.25, 0.3) is 5.91 Å². The van der Waals surface area contributed by atoms with Gasteiger partial charge in [-0.15, -0.1) is 0 Å². The number of anilines is 1. The number of hydrogen-bond acceptors (Lipinski definition) is 5. The van der Waals surface area contributed by atoms with Crippen molar-refractivity contribution in [3.63, 3.8) is 0 Å². The van der Waals surface area contributed by atoms with Crippen LogP contribution >= 0.6 is 0 Å². The lowest BCUT2D eigenvalue weighted by Gasteiger charge is -2.27. The van der Waals surface area contributed by atoms with E-state index in [0.29, 0.717) is 11.4 Å². The average molecular weight is 375 g/mol. The molecule has 1 amide bonds. The van der Waals surface area contributed by atoms with Crippen molar-refractivity contribution in [3.8, 4) is 5.75 Å². The summed E-state index contributed by atoms with van der Waals surface area (Å²) in [7, 11) is -2.07. The largest absolute Gasteiger partial charge is 0.497 e. The van der Waals surface area contributed by atoms with E-state index in [2.05, 4.69) is 10.5 Å². The first-order valence-corrected chi connectivity index (χ1v) is 9.69. The second-order valence-corrected chi connectivity index (χ2v) is 7.44. The summed E-state index contributed by atoms with van der Waals surface area (Å²) in [5.41, 5.74) is 3.55. The molecule has 2 rings (SSSR count). The van der Waals surface area contributed by atoms with Crippen LogP contribution in [0, 0.1) is 0 Å². The fourth-order valence-corrected chi connectivity index (χ4v) is 3.51. The van der Waals surface area contributed by atoms with Gasteiger partial charge in [0.15, 0.2) is 0 Å². The molecule has 0 saturated carbocycles. The number of carbonyl (C=O) groups is 1. The number of methoxy groups -OCH3 is 1. The van der Waals surface area contributed by atoms with Gasteiger partial charge < -0.3 is 4.74 Å². The molecule has 1 atom stereocenters. The Kier molecular flexibility index (Phi) is 6.35. The fourth-order valence-electron chi connectivity index (χ4n) is 2.34. The molecule has 0 saturated heterocycles. The second kappa shape index (κ2) is 8.48. The van der Waals surface area contributed by atoms with Crippen molar-refractivity contribution in [2.75, 3.05) is 17.7 Å². The van der Waals surface area contributed by atoms with Crippen molar-refractivity contribution in [2.45, 2.75) is 13.0 Å². The summed E-state index contributed by atoms with van der Waals surface area (Å²) in [6.07, 6.45) is 2.53. The predicted octanol–water partition coefficient (Wildman–Crippen LogP) is 2.00. The first kappa shape index (κ1) is 19.5. The molecule has 0 spiro atoms. The summed E-state index contributed by atoms with van der Waals surface area (Å²) in [5, 5.41) is 3.89. The van der Waals surface area contributed by atoms with E-state index in [4.69, 9.17) is 4.74 Å². The molecule has 0 aliphatic carbocycles. The molecule has 0 radical (unpaired) electrons. The third kappa shape index (κ3) is 5.06. The van der Waals surface area contributed by atoms with E-state index >= 15 is 0 Å². The van der Waals surface area contributed by atoms with Crippen LogP contribution in [0.4, 0.5) is 5.69 Å². The molecule has 0 heterocycles. The van der Waals surface area contributed by atoms with Crippen molar-refractivity contribution in [2.24, 2.45) is 5.10 Å². The SMILES string of the molecule is COc1ccc(/C=N\NC(=O)[C@H](C)N(c2ccccc2)S(C)(=O)=O)cc1. The molecule has 0 bridgehead atoms. The van der Waals surface area contributed by atoms with Crippen molar-refractivity contribution in [3.05, 3.63) is 60.2 Å². The highest BCUT2D eigenvalue weighted by molar-refractivity contribution is 7.92. The Bertz CT molecular complexity index is 865. The molecule has 26 heavy (non-hydrogen) atoms. The second-order valence-electron chi connectivity index (χ2n) is 5.58. The Morgan fingerprint density at radius 2 is 1.77 bits per heavy atom. The van der Waals surface area contributed by atoms with Crippen LogP contribution in [0.2, 0.25) is 0 Å². The molecular weight excluding hydrogens is 354 g/mol. The van der Waals surface area contributed by atoms with E-state index in [1.54, 1.807) is 61.7 Å². The van der Waals surface area contributed by atoms with Crippen LogP contribution < -0.4 is 14.5 Å². The standard InChI is InChI=1S/C18H21N3O4S/c1-14(21(26(3,23)24)16-7-5-4-6-8-16)18(22)20-19-13-15-9-11-17(25-2)12-10-15/h4-14H,1-3H3,(H,20,22)/b19-13-/t14-/m0/s1. The number of amides is 1. The minimum atomic E-state index is -3.64. The number of benzene rings is 2. The maximum atomic E-state index is 12.3. The van der Waals surface area contributed by atoms with Crippen LogP contribution in [0.15, 0.2) is 59.7 Å². The maximum Gasteiger partial charge on any atom is 0.263 e. The van der Waals surface area contributed by atoms with Crippen LogP contribution in [-0.4, -0.2) is 39.9 Å². The minimum Gasteiger partial charge on any atom is -0.497 e. The predicted molar refractivity (Wildman–Crippen MR) is 102 cm³/mol. The van der Waals surface area contributed by atoms with Crippen molar-refractivity contribution in [1.29, 1.82) is 0 Å². The van der Waals surface area contributed by atoms with Crippen LogP contribution in [0.5, 0.6) is 5.75 Å². The van der Waals surface area contributed by atoms with Gasteiger partial charge in [-0.25, -0.2) is 13.8 Å². The van der Waals surface area contributed by atoms with Gasteiger partial charge in [-0.05, 0) is 48.9 Å². The first-order chi connectivity index (χ1) is 12.3. The number of hydrazone groups is 1. The maximum absolute atomic E-state index is 12.3. The van der Waals surface area contributed by atoms with Gasteiger partial charge in [0.05, 0.1) is 25.3 Å². The van der Waals surface area contributed by atoms with Crippen LogP contribution in [0.3, 0.4) is 0 Å². The third-order valence-corrected chi connectivity index (χ3v) is 4.84. The minimum absolute atomic E-state index is 0.414. The number of nitrogens with zero attached hydrogens (tertiary/aromatic N) is 2. The first-order valence-electron chi connectivity index (χ1n) is 7.84. The lowest BCUT2D eigenvalue weighted by molar-refractivity contribution is -0.121. The summed E-state index contributed by atoms with van der Waals surface area (Å²) < 4.78 is 30.4. The van der Waals surface area contributed by atoms with Gasteiger partial charge in [-0.1, -0.05) is 18.2 Å². The summed E-state index contributed by atoms with van der Waals surface area (Å²) in [6, 6.07) is 14.6. The number of para-hydroxylation sites is 1. The zero-order valence-corrected chi connectivity index (χ0v) is 15.6. The van der Waals surface area contributed by atoms with E-state index in [0.717, 1.165) is 16.1 Å². The number of hydrogen-bond donors (Lipinski definition) is 1. The zero-order chi connectivity index (χ0) is 19.2. The monoisotopic (exact) mass is 375 g/mol. The average Bonchev–Trinajstić information content (AvgIpc) is 2.62. The quantitative estimate of drug-likeness (QED) is 0.592.